The quantitative estimate of drug-likeness (QED) is 0.460. The van der Waals surface area contributed by atoms with Gasteiger partial charge in [0.2, 0.25) is 0 Å². The summed E-state index contributed by atoms with van der Waals surface area (Å²) in [7, 11) is 2.50. The molecule has 0 spiro atoms. The SMILES string of the molecule is CP12(I)P3C4P1C3P42. The molecule has 0 aliphatic carbocycles. The fraction of sp³-hybridized carbons (Fsp3) is 1.00. The summed E-state index contributed by atoms with van der Waals surface area (Å²) in [6, 6.07) is 0. The Morgan fingerprint density at radius 1 is 1.25 bits per heavy atom. The summed E-state index contributed by atoms with van der Waals surface area (Å²) >= 11 is 2.95. The van der Waals surface area contributed by atoms with Gasteiger partial charge in [0, 0.05) is 0 Å². The Bertz CT molecular complexity index is 187. The minimum atomic E-state index is -0.539. The molecule has 7 fully saturated rings. The first-order chi connectivity index (χ1) is 3.67. The van der Waals surface area contributed by atoms with Gasteiger partial charge < -0.3 is 0 Å². The van der Waals surface area contributed by atoms with Gasteiger partial charge in [-0.3, -0.25) is 0 Å². The molecule has 7 heterocycles. The van der Waals surface area contributed by atoms with Crippen molar-refractivity contribution in [3.63, 3.8) is 0 Å². The van der Waals surface area contributed by atoms with Crippen LogP contribution in [0.3, 0.4) is 0 Å². The molecule has 5 heteroatoms. The van der Waals surface area contributed by atoms with Crippen molar-refractivity contribution in [2.75, 3.05) is 6.66 Å². The zero-order chi connectivity index (χ0) is 5.33. The van der Waals surface area contributed by atoms with Crippen LogP contribution in [-0.4, -0.2) is 16.9 Å². The number of halogens is 1. The predicted octanol–water partition coefficient (Wildman–Crippen LogP) is 4.33. The Morgan fingerprint density at radius 2 is 1.50 bits per heavy atom. The number of hydrogen-bond donors (Lipinski definition) is 0. The zero-order valence-corrected chi connectivity index (χ0v) is 10.1. The van der Waals surface area contributed by atoms with Crippen LogP contribution >= 0.6 is 48.2 Å². The van der Waals surface area contributed by atoms with Crippen molar-refractivity contribution in [3.05, 3.63) is 0 Å². The van der Waals surface area contributed by atoms with E-state index in [1.807, 2.05) is 0 Å². The second-order valence-electron chi connectivity index (χ2n) is 3.10. The van der Waals surface area contributed by atoms with Gasteiger partial charge in [-0.25, -0.2) is 0 Å². The summed E-state index contributed by atoms with van der Waals surface area (Å²) in [5.41, 5.74) is 0. The third-order valence-corrected chi connectivity index (χ3v) is 62.7. The second-order valence-corrected chi connectivity index (χ2v) is 43.6. The summed E-state index contributed by atoms with van der Waals surface area (Å²) < 4.78 is -0.539. The minimum absolute atomic E-state index is 0.539. The van der Waals surface area contributed by atoms with Crippen molar-refractivity contribution >= 4 is 48.2 Å². The molecule has 6 bridgehead atoms. The summed E-state index contributed by atoms with van der Waals surface area (Å²) in [6.07, 6.45) is 0. The molecular weight excluding hydrogens is 287 g/mol. The van der Waals surface area contributed by atoms with E-state index >= 15 is 0 Å². The molecule has 7 aliphatic heterocycles. The molecule has 0 N–H and O–H groups in total. The summed E-state index contributed by atoms with van der Waals surface area (Å²) in [4.78, 5) is 0. The molecule has 0 saturated carbocycles. The van der Waals surface area contributed by atoms with Crippen LogP contribution in [0.25, 0.3) is 0 Å². The molecule has 44 valence electrons. The summed E-state index contributed by atoms with van der Waals surface area (Å²) in [5, 5.41) is 3.03. The molecular formula is C3H5IP4. The first kappa shape index (κ1) is 5.16. The molecule has 8 heavy (non-hydrogen) atoms. The van der Waals surface area contributed by atoms with Gasteiger partial charge in [0.15, 0.2) is 0 Å². The molecule has 7 aliphatic rings. The predicted molar refractivity (Wildman–Crippen MR) is 55.2 cm³/mol. The number of hydrogen-bond acceptors (Lipinski definition) is 0. The van der Waals surface area contributed by atoms with Crippen LogP contribution in [0, 0.1) is 0 Å². The van der Waals surface area contributed by atoms with E-state index in [1.54, 1.807) is 0 Å². The fourth-order valence-electron chi connectivity index (χ4n) is 2.36. The average molecular weight is 292 g/mol. The zero-order valence-electron chi connectivity index (χ0n) is 4.32. The van der Waals surface area contributed by atoms with Gasteiger partial charge in [-0.15, -0.1) is 0 Å². The van der Waals surface area contributed by atoms with Crippen LogP contribution in [0.4, 0.5) is 0 Å². The molecule has 0 aromatic heterocycles. The van der Waals surface area contributed by atoms with E-state index in [9.17, 15) is 0 Å². The van der Waals surface area contributed by atoms with Crippen molar-refractivity contribution in [1.29, 1.82) is 0 Å². The van der Waals surface area contributed by atoms with Gasteiger partial charge in [0.05, 0.1) is 0 Å². The molecule has 0 radical (unpaired) electrons. The standard InChI is InChI=1S/C3H5IP4/c1-8(4)5-2-6(8)3(5)7(2)8/h2-3H,1H3. The maximum atomic E-state index is 2.95. The van der Waals surface area contributed by atoms with E-state index in [0.29, 0.717) is 0 Å². The average Bonchev–Trinajstić information content (AvgIpc) is 1.21. The Balaban J connectivity index is 2.15. The molecule has 0 amide bonds. The monoisotopic (exact) mass is 292 g/mol. The molecule has 0 unspecified atom stereocenters. The maximum absolute atomic E-state index is 2.95. The first-order valence-electron chi connectivity index (χ1n) is 2.77. The van der Waals surface area contributed by atoms with E-state index in [1.165, 1.54) is 10.3 Å². The molecule has 0 atom stereocenters. The third kappa shape index (κ3) is 0.184. The van der Waals surface area contributed by atoms with Crippen molar-refractivity contribution in [2.24, 2.45) is 0 Å². The van der Waals surface area contributed by atoms with Crippen molar-refractivity contribution in [3.8, 4) is 0 Å². The van der Waals surface area contributed by atoms with Crippen molar-refractivity contribution in [2.45, 2.75) is 10.3 Å². The third-order valence-electron chi connectivity index (χ3n) is 2.99. The summed E-state index contributed by atoms with van der Waals surface area (Å²) in [5.74, 6) is 0. The van der Waals surface area contributed by atoms with Crippen LogP contribution in [-0.2, 0) is 0 Å². The van der Waals surface area contributed by atoms with E-state index < -0.39 is 3.31 Å². The van der Waals surface area contributed by atoms with Gasteiger partial charge in [0.1, 0.15) is 0 Å². The van der Waals surface area contributed by atoms with Gasteiger partial charge in [0.25, 0.3) is 0 Å². The van der Waals surface area contributed by atoms with E-state index in [4.69, 9.17) is 0 Å². The van der Waals surface area contributed by atoms with Crippen LogP contribution in [0.5, 0.6) is 0 Å². The molecule has 0 aromatic carbocycles. The molecule has 7 rings (SSSR count). The topological polar surface area (TPSA) is 0 Å². The first-order valence-corrected chi connectivity index (χ1v) is 14.8. The van der Waals surface area contributed by atoms with Gasteiger partial charge in [-0.05, 0) is 0 Å². The van der Waals surface area contributed by atoms with E-state index in [0.717, 1.165) is 22.8 Å². The Labute approximate surface area is 64.9 Å². The van der Waals surface area contributed by atoms with Gasteiger partial charge in [-0.1, -0.05) is 0 Å². The Kier molecular flexibility index (Phi) is 0.577. The van der Waals surface area contributed by atoms with Gasteiger partial charge >= 0.3 is 65.1 Å². The number of rotatable bonds is 0. The summed E-state index contributed by atoms with van der Waals surface area (Å²) in [6.45, 7) is 2.72. The van der Waals surface area contributed by atoms with Crippen molar-refractivity contribution < 1.29 is 0 Å². The fourth-order valence-corrected chi connectivity index (χ4v) is 111. The van der Waals surface area contributed by atoms with E-state index in [-0.39, 0.29) is 0 Å². The van der Waals surface area contributed by atoms with Crippen molar-refractivity contribution in [1.82, 2.24) is 0 Å². The van der Waals surface area contributed by atoms with Crippen LogP contribution in [0.15, 0.2) is 0 Å². The van der Waals surface area contributed by atoms with Crippen LogP contribution in [0.2, 0.25) is 0 Å². The molecule has 0 aromatic rings. The molecule has 7 saturated heterocycles. The molecule has 0 nitrogen and oxygen atoms in total. The van der Waals surface area contributed by atoms with Gasteiger partial charge in [-0.2, -0.15) is 0 Å². The van der Waals surface area contributed by atoms with Crippen LogP contribution < -0.4 is 0 Å². The van der Waals surface area contributed by atoms with E-state index in [2.05, 4.69) is 28.7 Å². The Hall–Kier alpha value is 2.45. The Morgan fingerprint density at radius 3 is 1.50 bits per heavy atom. The van der Waals surface area contributed by atoms with Crippen LogP contribution in [0.1, 0.15) is 0 Å². The normalized spacial score (nSPS) is 93.2. The second kappa shape index (κ2) is 0.895.